The number of carbonyl (C=O) groups is 1. The molecule has 2 aromatic carbocycles. The van der Waals surface area contributed by atoms with E-state index in [1.54, 1.807) is 0 Å². The molecule has 2 aromatic rings. The Labute approximate surface area is 123 Å². The Bertz CT molecular complexity index is 575. The summed E-state index contributed by atoms with van der Waals surface area (Å²) in [7, 11) is 0. The van der Waals surface area contributed by atoms with Gasteiger partial charge in [0.1, 0.15) is 18.5 Å². The van der Waals surface area contributed by atoms with E-state index >= 15 is 0 Å². The van der Waals surface area contributed by atoms with E-state index < -0.39 is 0 Å². The third-order valence-electron chi connectivity index (χ3n) is 3.40. The van der Waals surface area contributed by atoms with Crippen LogP contribution in [0.5, 0.6) is 5.75 Å². The summed E-state index contributed by atoms with van der Waals surface area (Å²) >= 11 is 0. The molecule has 0 unspecified atom stereocenters. The summed E-state index contributed by atoms with van der Waals surface area (Å²) in [6.07, 6.45) is -0.459. The summed E-state index contributed by atoms with van der Waals surface area (Å²) in [4.78, 5) is 11.2. The number of benzene rings is 2. The average Bonchev–Trinajstić information content (AvgIpc) is 2.55. The molecule has 2 atom stereocenters. The molecule has 4 nitrogen and oxygen atoms in total. The standard InChI is InChI=1S/C17H17NO3/c19-16-12-20-15(11-18-16)17(13-7-3-1-4-8-13)21-14-9-5-2-6-10-14/h1-10,15,17H,11-12H2,(H,18,19)/t15-,17+/m1/s1. The van der Waals surface area contributed by atoms with E-state index in [9.17, 15) is 4.79 Å². The lowest BCUT2D eigenvalue weighted by Crippen LogP contribution is -2.46. The highest BCUT2D eigenvalue weighted by molar-refractivity contribution is 5.77. The minimum absolute atomic E-state index is 0.0755. The predicted octanol–water partition coefficient (Wildman–Crippen LogP) is 2.32. The second kappa shape index (κ2) is 6.41. The average molecular weight is 283 g/mol. The number of morpholine rings is 1. The second-order valence-corrected chi connectivity index (χ2v) is 4.92. The van der Waals surface area contributed by atoms with Crippen molar-refractivity contribution in [2.75, 3.05) is 13.2 Å². The topological polar surface area (TPSA) is 47.6 Å². The van der Waals surface area contributed by atoms with Gasteiger partial charge in [0.15, 0.2) is 6.10 Å². The van der Waals surface area contributed by atoms with Gasteiger partial charge < -0.3 is 14.8 Å². The van der Waals surface area contributed by atoms with Crippen molar-refractivity contribution in [3.63, 3.8) is 0 Å². The first-order valence-corrected chi connectivity index (χ1v) is 6.98. The van der Waals surface area contributed by atoms with Crippen molar-refractivity contribution < 1.29 is 14.3 Å². The maximum Gasteiger partial charge on any atom is 0.246 e. The van der Waals surface area contributed by atoms with Gasteiger partial charge in [-0.15, -0.1) is 0 Å². The molecular formula is C17H17NO3. The van der Waals surface area contributed by atoms with Gasteiger partial charge in [-0.3, -0.25) is 4.79 Å². The van der Waals surface area contributed by atoms with Crippen LogP contribution in [0.15, 0.2) is 60.7 Å². The highest BCUT2D eigenvalue weighted by Crippen LogP contribution is 2.27. The zero-order valence-electron chi connectivity index (χ0n) is 11.6. The molecular weight excluding hydrogens is 266 g/mol. The number of hydrogen-bond donors (Lipinski definition) is 1. The summed E-state index contributed by atoms with van der Waals surface area (Å²) < 4.78 is 11.7. The summed E-state index contributed by atoms with van der Waals surface area (Å²) in [5.74, 6) is 0.699. The molecule has 4 heteroatoms. The van der Waals surface area contributed by atoms with Crippen molar-refractivity contribution in [3.05, 3.63) is 66.2 Å². The Balaban J connectivity index is 1.83. The molecule has 0 radical (unpaired) electrons. The van der Waals surface area contributed by atoms with E-state index in [-0.39, 0.29) is 24.7 Å². The summed E-state index contributed by atoms with van der Waals surface area (Å²) in [5, 5.41) is 2.82. The molecule has 0 aliphatic carbocycles. The summed E-state index contributed by atoms with van der Waals surface area (Å²) in [6.45, 7) is 0.525. The zero-order chi connectivity index (χ0) is 14.5. The number of amides is 1. The minimum Gasteiger partial charge on any atom is -0.483 e. The van der Waals surface area contributed by atoms with Crippen LogP contribution in [0.25, 0.3) is 0 Å². The maximum absolute atomic E-state index is 11.2. The minimum atomic E-state index is -0.255. The third-order valence-corrected chi connectivity index (χ3v) is 3.40. The molecule has 1 aliphatic rings. The Kier molecular flexibility index (Phi) is 4.17. The smallest absolute Gasteiger partial charge is 0.246 e. The van der Waals surface area contributed by atoms with Crippen LogP contribution < -0.4 is 10.1 Å². The van der Waals surface area contributed by atoms with Crippen LogP contribution in [0.4, 0.5) is 0 Å². The van der Waals surface area contributed by atoms with Gasteiger partial charge >= 0.3 is 0 Å². The molecule has 0 saturated carbocycles. The zero-order valence-corrected chi connectivity index (χ0v) is 11.6. The fourth-order valence-corrected chi connectivity index (χ4v) is 2.35. The van der Waals surface area contributed by atoms with E-state index in [0.717, 1.165) is 11.3 Å². The van der Waals surface area contributed by atoms with Crippen molar-refractivity contribution in [2.45, 2.75) is 12.2 Å². The Morgan fingerprint density at radius 3 is 2.33 bits per heavy atom. The molecule has 1 fully saturated rings. The third kappa shape index (κ3) is 3.41. The van der Waals surface area contributed by atoms with Crippen molar-refractivity contribution in [2.24, 2.45) is 0 Å². The molecule has 0 aromatic heterocycles. The molecule has 1 amide bonds. The molecule has 0 spiro atoms. The molecule has 3 rings (SSSR count). The van der Waals surface area contributed by atoms with E-state index in [0.29, 0.717) is 6.54 Å². The van der Waals surface area contributed by atoms with Crippen LogP contribution in [0.1, 0.15) is 11.7 Å². The number of rotatable bonds is 4. The maximum atomic E-state index is 11.2. The first kappa shape index (κ1) is 13.6. The van der Waals surface area contributed by atoms with E-state index in [4.69, 9.17) is 9.47 Å². The molecule has 1 saturated heterocycles. The quantitative estimate of drug-likeness (QED) is 0.936. The summed E-state index contributed by atoms with van der Waals surface area (Å²) in [5.41, 5.74) is 1.03. The number of nitrogens with one attached hydrogen (secondary N) is 1. The van der Waals surface area contributed by atoms with Crippen LogP contribution in [-0.4, -0.2) is 25.2 Å². The van der Waals surface area contributed by atoms with Crippen molar-refractivity contribution in [3.8, 4) is 5.75 Å². The van der Waals surface area contributed by atoms with Crippen LogP contribution in [0.2, 0.25) is 0 Å². The van der Waals surface area contributed by atoms with Crippen molar-refractivity contribution >= 4 is 5.91 Å². The van der Waals surface area contributed by atoms with Crippen molar-refractivity contribution in [1.29, 1.82) is 0 Å². The fraction of sp³-hybridized carbons (Fsp3) is 0.235. The predicted molar refractivity (Wildman–Crippen MR) is 79.0 cm³/mol. The second-order valence-electron chi connectivity index (χ2n) is 4.92. The molecule has 21 heavy (non-hydrogen) atoms. The lowest BCUT2D eigenvalue weighted by Gasteiger charge is -2.31. The SMILES string of the molecule is O=C1CO[C@@H]([C@@H](Oc2ccccc2)c2ccccc2)CN1. The van der Waals surface area contributed by atoms with E-state index in [2.05, 4.69) is 5.32 Å². The Hall–Kier alpha value is -2.33. The van der Waals surface area contributed by atoms with Gasteiger partial charge in [0.25, 0.3) is 0 Å². The molecule has 108 valence electrons. The highest BCUT2D eigenvalue weighted by Gasteiger charge is 2.30. The summed E-state index contributed by atoms with van der Waals surface area (Å²) in [6, 6.07) is 19.6. The van der Waals surface area contributed by atoms with E-state index in [1.807, 2.05) is 60.7 Å². The van der Waals surface area contributed by atoms with Crippen molar-refractivity contribution in [1.82, 2.24) is 5.32 Å². The largest absolute Gasteiger partial charge is 0.483 e. The van der Waals surface area contributed by atoms with Gasteiger partial charge in [0.2, 0.25) is 5.91 Å². The lowest BCUT2D eigenvalue weighted by molar-refractivity contribution is -0.137. The van der Waals surface area contributed by atoms with Gasteiger partial charge in [0, 0.05) is 6.54 Å². The van der Waals surface area contributed by atoms with Crippen LogP contribution >= 0.6 is 0 Å². The lowest BCUT2D eigenvalue weighted by atomic mass is 10.0. The number of para-hydroxylation sites is 1. The first-order valence-electron chi connectivity index (χ1n) is 6.98. The Morgan fingerprint density at radius 2 is 1.71 bits per heavy atom. The number of carbonyl (C=O) groups excluding carboxylic acids is 1. The molecule has 1 N–H and O–H groups in total. The van der Waals surface area contributed by atoms with Crippen LogP contribution in [0.3, 0.4) is 0 Å². The molecule has 1 aliphatic heterocycles. The fourth-order valence-electron chi connectivity index (χ4n) is 2.35. The highest BCUT2D eigenvalue weighted by atomic mass is 16.5. The van der Waals surface area contributed by atoms with Gasteiger partial charge in [-0.25, -0.2) is 0 Å². The number of ether oxygens (including phenoxy) is 2. The Morgan fingerprint density at radius 1 is 1.05 bits per heavy atom. The number of hydrogen-bond acceptors (Lipinski definition) is 3. The van der Waals surface area contributed by atoms with Gasteiger partial charge in [-0.1, -0.05) is 48.5 Å². The van der Waals surface area contributed by atoms with Gasteiger partial charge in [-0.05, 0) is 17.7 Å². The van der Waals surface area contributed by atoms with E-state index in [1.165, 1.54) is 0 Å². The van der Waals surface area contributed by atoms with Crippen LogP contribution in [-0.2, 0) is 9.53 Å². The van der Waals surface area contributed by atoms with Crippen LogP contribution in [0, 0.1) is 0 Å². The molecule has 0 bridgehead atoms. The normalized spacial score (nSPS) is 19.6. The monoisotopic (exact) mass is 283 g/mol. The van der Waals surface area contributed by atoms with Gasteiger partial charge in [0.05, 0.1) is 0 Å². The van der Waals surface area contributed by atoms with Gasteiger partial charge in [-0.2, -0.15) is 0 Å². The first-order chi connectivity index (χ1) is 10.3. The molecule has 1 heterocycles.